The van der Waals surface area contributed by atoms with Crippen LogP contribution in [0.5, 0.6) is 0 Å². The second kappa shape index (κ2) is 25.3. The van der Waals surface area contributed by atoms with Gasteiger partial charge in [-0.3, -0.25) is 9.78 Å². The molecule has 9 heteroatoms. The van der Waals surface area contributed by atoms with E-state index in [1.54, 1.807) is 0 Å². The van der Waals surface area contributed by atoms with Gasteiger partial charge in [0.1, 0.15) is 0 Å². The Bertz CT molecular complexity index is 3680. The first-order valence-corrected chi connectivity index (χ1v) is 28.1. The fourth-order valence-electron chi connectivity index (χ4n) is 10.5. The molecular formula is C70H76IrN6O2. The third-order valence-electron chi connectivity index (χ3n) is 14.8. The zero-order chi connectivity index (χ0) is 55.1. The summed E-state index contributed by atoms with van der Waals surface area (Å²) in [6.07, 6.45) is 19.1. The van der Waals surface area contributed by atoms with Crippen molar-refractivity contribution in [1.29, 1.82) is 0 Å². The first kappa shape index (κ1) is 58.0. The van der Waals surface area contributed by atoms with Crippen molar-refractivity contribution in [1.82, 2.24) is 29.5 Å². The standard InChI is InChI=1S/C65H67N6.C5H8O2.Ir/c1-9-11-13-15-19-43-35-44(20-16-14-12-10-2)37-52(36-43)71-58-40-49(27-32-53(58)55-38-47-21-17-18-22-48(47)39-59(55)71)60-54-33-34-66-41-56(54)57(42-67-60)63-69-61(45-23-28-50(29-24-45)64(3,4)5)68-62(70-63)46-25-30-51(31-26-46)65(6,7)8;1-4(6)3-5(2)7;/h17-18,21-26,28-42H,9-16,19-20H2,1-8H3;3,6H,1-2H3;/q-1;;/p+1/b;4-3-;. The van der Waals surface area contributed by atoms with Crippen LogP contribution < -0.4 is 0 Å². The Kier molecular flexibility index (Phi) is 18.6. The average Bonchev–Trinajstić information content (AvgIpc) is 3.91. The van der Waals surface area contributed by atoms with Gasteiger partial charge in [0.15, 0.2) is 17.5 Å². The van der Waals surface area contributed by atoms with E-state index in [4.69, 9.17) is 29.8 Å². The number of ketones is 1. The molecule has 0 amide bonds. The maximum absolute atomic E-state index is 8.40. The van der Waals surface area contributed by atoms with Gasteiger partial charge in [-0.2, -0.15) is 0 Å². The van der Waals surface area contributed by atoms with Crippen LogP contribution in [-0.4, -0.2) is 45.2 Å². The fraction of sp³-hybridized carbons (Fsp3) is 0.314. The van der Waals surface area contributed by atoms with Crippen LogP contribution in [0.3, 0.4) is 0 Å². The Balaban J connectivity index is 0.000000964. The van der Waals surface area contributed by atoms with Crippen LogP contribution in [0.4, 0.5) is 0 Å². The molecule has 6 aromatic carbocycles. The number of nitrogens with zero attached hydrogens (tertiary/aromatic N) is 6. The molecule has 0 bridgehead atoms. The molecule has 0 saturated heterocycles. The number of pyridine rings is 2. The Morgan fingerprint density at radius 1 is 0.595 bits per heavy atom. The third-order valence-corrected chi connectivity index (χ3v) is 14.8. The molecule has 10 rings (SSSR count). The number of hydrogen-bond donors (Lipinski definition) is 1. The van der Waals surface area contributed by atoms with Crippen LogP contribution in [-0.2, 0) is 43.8 Å². The van der Waals surface area contributed by atoms with Crippen molar-refractivity contribution in [2.45, 2.75) is 144 Å². The molecule has 8 nitrogen and oxygen atoms in total. The molecule has 1 radical (unpaired) electrons. The number of hydrogen-bond acceptors (Lipinski definition) is 6. The number of aliphatic hydroxyl groups excluding tert-OH is 1. The summed E-state index contributed by atoms with van der Waals surface area (Å²) in [6, 6.07) is 48.4. The van der Waals surface area contributed by atoms with E-state index < -0.39 is 0 Å². The van der Waals surface area contributed by atoms with E-state index in [1.807, 2.05) is 18.6 Å². The molecule has 0 saturated carbocycles. The second-order valence-electron chi connectivity index (χ2n) is 23.2. The van der Waals surface area contributed by atoms with Gasteiger partial charge in [-0.1, -0.05) is 184 Å². The molecule has 407 valence electrons. The van der Waals surface area contributed by atoms with E-state index in [0.717, 1.165) is 57.1 Å². The average molecular weight is 1230 g/mol. The number of aryl methyl sites for hydroxylation is 2. The number of benzene rings is 6. The van der Waals surface area contributed by atoms with E-state index in [9.17, 15) is 0 Å². The zero-order valence-electron chi connectivity index (χ0n) is 47.8. The van der Waals surface area contributed by atoms with Gasteiger partial charge in [-0.05, 0) is 123 Å². The number of fused-ring (bicyclic) bond motifs is 5. The fourth-order valence-corrected chi connectivity index (χ4v) is 10.5. The van der Waals surface area contributed by atoms with Crippen LogP contribution in [0.15, 0.2) is 152 Å². The van der Waals surface area contributed by atoms with Crippen molar-refractivity contribution in [3.05, 3.63) is 180 Å². The largest absolute Gasteiger partial charge is 0.512 e. The molecule has 0 aliphatic rings. The summed E-state index contributed by atoms with van der Waals surface area (Å²) >= 11 is 0. The van der Waals surface area contributed by atoms with E-state index >= 15 is 0 Å². The van der Waals surface area contributed by atoms with Crippen LogP contribution >= 0.6 is 0 Å². The van der Waals surface area contributed by atoms with Gasteiger partial charge in [0.2, 0.25) is 0 Å². The van der Waals surface area contributed by atoms with Crippen molar-refractivity contribution in [2.24, 2.45) is 0 Å². The Labute approximate surface area is 481 Å². The quantitative estimate of drug-likeness (QED) is 0.0339. The predicted octanol–water partition coefficient (Wildman–Crippen LogP) is 18.4. The molecule has 4 heterocycles. The minimum Gasteiger partial charge on any atom is -0.512 e. The first-order valence-electron chi connectivity index (χ1n) is 28.1. The summed E-state index contributed by atoms with van der Waals surface area (Å²) in [5.41, 5.74) is 13.3. The number of allylic oxidation sites excluding steroid dienone is 2. The molecule has 0 spiro atoms. The van der Waals surface area contributed by atoms with E-state index in [0.29, 0.717) is 17.5 Å². The monoisotopic (exact) mass is 1230 g/mol. The number of aromatic nitrogens is 6. The van der Waals surface area contributed by atoms with Crippen molar-refractivity contribution >= 4 is 49.1 Å². The van der Waals surface area contributed by atoms with Crippen LogP contribution in [0.1, 0.15) is 143 Å². The van der Waals surface area contributed by atoms with Crippen molar-refractivity contribution < 1.29 is 30.0 Å². The topological polar surface area (TPSA) is 111 Å². The summed E-state index contributed by atoms with van der Waals surface area (Å²) in [4.78, 5) is 33.9. The van der Waals surface area contributed by atoms with Gasteiger partial charge < -0.3 is 14.7 Å². The summed E-state index contributed by atoms with van der Waals surface area (Å²) in [6.45, 7) is 21.0. The SMILES string of the molecule is CC(=[OH+])/C=C(/C)O.CCCCCCc1cc(CCCCCC)cc(-n2c3cc(-c4ncc(-c5nc(-c6ccc(C(C)(C)C)cc6)nc(-c6ccc(C(C)(C)C)cc6)n5)c5cnccc45)[c-]cc3c3cc4ccccc4cc32)c1.[Ir]. The molecule has 0 fully saturated rings. The van der Waals surface area contributed by atoms with Crippen molar-refractivity contribution in [3.63, 3.8) is 0 Å². The summed E-state index contributed by atoms with van der Waals surface area (Å²) in [5, 5.41) is 15.1. The van der Waals surface area contributed by atoms with E-state index in [1.165, 1.54) is 126 Å². The summed E-state index contributed by atoms with van der Waals surface area (Å²) in [5.74, 6) is 2.02. The number of aliphatic hydroxyl groups is 1. The molecule has 0 aliphatic heterocycles. The molecule has 0 atom stereocenters. The number of rotatable bonds is 16. The molecular weight excluding hydrogens is 1150 g/mol. The minimum absolute atomic E-state index is 0. The van der Waals surface area contributed by atoms with Gasteiger partial charge >= 0.3 is 5.78 Å². The molecule has 0 unspecified atom stereocenters. The van der Waals surface area contributed by atoms with Gasteiger partial charge in [-0.25, -0.2) is 15.0 Å². The Hall–Kier alpha value is -7.19. The normalized spacial score (nSPS) is 12.0. The smallest absolute Gasteiger partial charge is 0.316 e. The van der Waals surface area contributed by atoms with Crippen LogP contribution in [0.25, 0.3) is 94.5 Å². The third kappa shape index (κ3) is 13.6. The summed E-state index contributed by atoms with van der Waals surface area (Å²) in [7, 11) is 0. The van der Waals surface area contributed by atoms with Gasteiger partial charge in [0, 0.05) is 72.0 Å². The number of unbranched alkanes of at least 4 members (excludes halogenated alkanes) is 6. The van der Waals surface area contributed by atoms with Crippen molar-refractivity contribution in [3.8, 4) is 51.1 Å². The van der Waals surface area contributed by atoms with Crippen LogP contribution in [0.2, 0.25) is 0 Å². The predicted molar refractivity (Wildman–Crippen MR) is 327 cm³/mol. The maximum Gasteiger partial charge on any atom is 0.316 e. The van der Waals surface area contributed by atoms with E-state index in [2.05, 4.69) is 192 Å². The Morgan fingerprint density at radius 3 is 1.66 bits per heavy atom. The van der Waals surface area contributed by atoms with Gasteiger partial charge in [0.25, 0.3) is 0 Å². The maximum atomic E-state index is 8.40. The zero-order valence-corrected chi connectivity index (χ0v) is 50.2. The molecule has 4 aromatic heterocycles. The molecule has 0 aliphatic carbocycles. The van der Waals surface area contributed by atoms with Gasteiger partial charge in [0.05, 0.1) is 18.8 Å². The number of carbonyl (C=O) groups excluding carboxylic acids is 1. The minimum atomic E-state index is 0. The van der Waals surface area contributed by atoms with Crippen molar-refractivity contribution in [2.75, 3.05) is 0 Å². The molecule has 10 aromatic rings. The summed E-state index contributed by atoms with van der Waals surface area (Å²) < 4.78 is 2.51. The first-order chi connectivity index (χ1) is 37.5. The van der Waals surface area contributed by atoms with Gasteiger partial charge in [-0.15, -0.1) is 23.8 Å². The van der Waals surface area contributed by atoms with E-state index in [-0.39, 0.29) is 42.5 Å². The van der Waals surface area contributed by atoms with Crippen LogP contribution in [0, 0.1) is 6.07 Å². The molecule has 79 heavy (non-hydrogen) atoms. The second-order valence-corrected chi connectivity index (χ2v) is 23.2. The molecule has 2 N–H and O–H groups in total. The Morgan fingerprint density at radius 2 is 1.14 bits per heavy atom.